The molecule has 1 saturated heterocycles. The van der Waals surface area contributed by atoms with Crippen LogP contribution >= 0.6 is 0 Å². The first-order chi connectivity index (χ1) is 15.9. The summed E-state index contributed by atoms with van der Waals surface area (Å²) >= 11 is 0. The molecule has 2 aromatic carbocycles. The SMILES string of the molecule is O=C(c1nnn(-c2ccc(F)cc2)c1C(F)(F)F)N1CCN(c2cccc(C(F)(F)F)c2)CC1. The molecule has 0 N–H and O–H groups in total. The Balaban J connectivity index is 1.54. The molecule has 0 aliphatic carbocycles. The molecule has 34 heavy (non-hydrogen) atoms. The Morgan fingerprint density at radius 2 is 1.47 bits per heavy atom. The number of nitrogens with zero attached hydrogens (tertiary/aromatic N) is 5. The van der Waals surface area contributed by atoms with Crippen LogP contribution in [0.4, 0.5) is 36.4 Å². The molecule has 1 fully saturated rings. The Bertz CT molecular complexity index is 1180. The average Bonchev–Trinajstić information content (AvgIpc) is 3.25. The van der Waals surface area contributed by atoms with E-state index >= 15 is 0 Å². The normalized spacial score (nSPS) is 15.0. The number of anilines is 1. The van der Waals surface area contributed by atoms with Crippen molar-refractivity contribution in [1.29, 1.82) is 0 Å². The van der Waals surface area contributed by atoms with Gasteiger partial charge in [0.05, 0.1) is 11.3 Å². The lowest BCUT2D eigenvalue weighted by Crippen LogP contribution is -2.49. The van der Waals surface area contributed by atoms with Gasteiger partial charge in [0.1, 0.15) is 5.82 Å². The molecule has 3 aromatic rings. The molecule has 1 aromatic heterocycles. The highest BCUT2D eigenvalue weighted by Crippen LogP contribution is 2.34. The van der Waals surface area contributed by atoms with Crippen LogP contribution in [0.5, 0.6) is 0 Å². The van der Waals surface area contributed by atoms with Gasteiger partial charge in [0.15, 0.2) is 11.4 Å². The van der Waals surface area contributed by atoms with Crippen LogP contribution in [0.25, 0.3) is 5.69 Å². The average molecular weight is 487 g/mol. The van der Waals surface area contributed by atoms with Crippen molar-refractivity contribution in [3.8, 4) is 5.69 Å². The molecule has 180 valence electrons. The number of aromatic nitrogens is 3. The molecule has 1 amide bonds. The van der Waals surface area contributed by atoms with E-state index in [1.54, 1.807) is 4.90 Å². The van der Waals surface area contributed by atoms with Crippen molar-refractivity contribution in [2.24, 2.45) is 0 Å². The first-order valence-electron chi connectivity index (χ1n) is 9.95. The van der Waals surface area contributed by atoms with Gasteiger partial charge in [-0.3, -0.25) is 4.79 Å². The zero-order valence-corrected chi connectivity index (χ0v) is 17.2. The third-order valence-electron chi connectivity index (χ3n) is 5.32. The Labute approximate surface area is 188 Å². The number of halogens is 7. The number of alkyl halides is 6. The number of hydrogen-bond donors (Lipinski definition) is 0. The zero-order valence-electron chi connectivity index (χ0n) is 17.2. The van der Waals surface area contributed by atoms with Crippen LogP contribution in [0.15, 0.2) is 48.5 Å². The number of hydrogen-bond acceptors (Lipinski definition) is 4. The first kappa shape index (κ1) is 23.5. The smallest absolute Gasteiger partial charge is 0.368 e. The molecule has 0 atom stereocenters. The van der Waals surface area contributed by atoms with E-state index < -0.39 is 41.0 Å². The van der Waals surface area contributed by atoms with E-state index in [4.69, 9.17) is 0 Å². The van der Waals surface area contributed by atoms with E-state index in [0.29, 0.717) is 10.4 Å². The number of rotatable bonds is 3. The molecule has 2 heterocycles. The summed E-state index contributed by atoms with van der Waals surface area (Å²) in [6.45, 7) is 0.159. The lowest BCUT2D eigenvalue weighted by Gasteiger charge is -2.36. The van der Waals surface area contributed by atoms with Gasteiger partial charge in [-0.05, 0) is 42.5 Å². The minimum atomic E-state index is -4.98. The number of amides is 1. The molecule has 0 bridgehead atoms. The maximum absolute atomic E-state index is 13.8. The highest BCUT2D eigenvalue weighted by molar-refractivity contribution is 5.93. The quantitative estimate of drug-likeness (QED) is 0.514. The Kier molecular flexibility index (Phi) is 5.96. The van der Waals surface area contributed by atoms with Crippen LogP contribution in [0.2, 0.25) is 0 Å². The molecular formula is C21H16F7N5O. The summed E-state index contributed by atoms with van der Waals surface area (Å²) in [4.78, 5) is 15.6. The van der Waals surface area contributed by atoms with E-state index in [0.717, 1.165) is 41.3 Å². The highest BCUT2D eigenvalue weighted by atomic mass is 19.4. The summed E-state index contributed by atoms with van der Waals surface area (Å²) in [5, 5.41) is 6.90. The van der Waals surface area contributed by atoms with Gasteiger partial charge < -0.3 is 9.80 Å². The molecule has 0 saturated carbocycles. The van der Waals surface area contributed by atoms with Gasteiger partial charge in [0.2, 0.25) is 0 Å². The van der Waals surface area contributed by atoms with Crippen LogP contribution in [0.1, 0.15) is 21.7 Å². The lowest BCUT2D eigenvalue weighted by atomic mass is 10.1. The monoisotopic (exact) mass is 487 g/mol. The molecule has 0 unspecified atom stereocenters. The van der Waals surface area contributed by atoms with Crippen molar-refractivity contribution in [2.75, 3.05) is 31.1 Å². The second-order valence-electron chi connectivity index (χ2n) is 7.50. The summed E-state index contributed by atoms with van der Waals surface area (Å²) in [6, 6.07) is 8.71. The summed E-state index contributed by atoms with van der Waals surface area (Å²) in [6.07, 6.45) is -9.50. The van der Waals surface area contributed by atoms with Crippen LogP contribution in [0, 0.1) is 5.82 Å². The van der Waals surface area contributed by atoms with Crippen LogP contribution in [-0.2, 0) is 12.4 Å². The van der Waals surface area contributed by atoms with Gasteiger partial charge in [-0.15, -0.1) is 5.10 Å². The number of carbonyl (C=O) groups excluding carboxylic acids is 1. The minimum Gasteiger partial charge on any atom is -0.368 e. The van der Waals surface area contributed by atoms with Crippen LogP contribution in [-0.4, -0.2) is 52.0 Å². The van der Waals surface area contributed by atoms with E-state index in [9.17, 15) is 35.5 Å². The molecule has 1 aliphatic rings. The third-order valence-corrected chi connectivity index (χ3v) is 5.32. The molecule has 6 nitrogen and oxygen atoms in total. The molecule has 1 aliphatic heterocycles. The first-order valence-corrected chi connectivity index (χ1v) is 9.95. The van der Waals surface area contributed by atoms with Crippen molar-refractivity contribution in [3.05, 3.63) is 71.3 Å². The lowest BCUT2D eigenvalue weighted by molar-refractivity contribution is -0.143. The van der Waals surface area contributed by atoms with Gasteiger partial charge in [-0.2, -0.15) is 26.3 Å². The van der Waals surface area contributed by atoms with Crippen LogP contribution < -0.4 is 4.90 Å². The fourth-order valence-electron chi connectivity index (χ4n) is 3.64. The fraction of sp³-hybridized carbons (Fsp3) is 0.286. The summed E-state index contributed by atoms with van der Waals surface area (Å²) in [5.74, 6) is -1.67. The number of piperazine rings is 1. The minimum absolute atomic E-state index is 0.0320. The van der Waals surface area contributed by atoms with Gasteiger partial charge in [-0.25, -0.2) is 9.07 Å². The van der Waals surface area contributed by atoms with Gasteiger partial charge >= 0.3 is 12.4 Å². The van der Waals surface area contributed by atoms with Crippen molar-refractivity contribution in [1.82, 2.24) is 19.9 Å². The Morgan fingerprint density at radius 1 is 0.824 bits per heavy atom. The maximum Gasteiger partial charge on any atom is 0.435 e. The van der Waals surface area contributed by atoms with Crippen molar-refractivity contribution in [2.45, 2.75) is 12.4 Å². The van der Waals surface area contributed by atoms with E-state index in [2.05, 4.69) is 10.3 Å². The number of carbonyl (C=O) groups is 1. The molecule has 4 rings (SSSR count). The van der Waals surface area contributed by atoms with Crippen molar-refractivity contribution >= 4 is 11.6 Å². The highest BCUT2D eigenvalue weighted by Gasteiger charge is 2.43. The topological polar surface area (TPSA) is 54.3 Å². The Morgan fingerprint density at radius 3 is 2.06 bits per heavy atom. The van der Waals surface area contributed by atoms with Crippen molar-refractivity contribution < 1.29 is 35.5 Å². The maximum atomic E-state index is 13.8. The van der Waals surface area contributed by atoms with Crippen molar-refractivity contribution in [3.63, 3.8) is 0 Å². The zero-order chi connectivity index (χ0) is 24.7. The largest absolute Gasteiger partial charge is 0.435 e. The fourth-order valence-corrected chi connectivity index (χ4v) is 3.64. The predicted molar refractivity (Wildman–Crippen MR) is 106 cm³/mol. The Hall–Kier alpha value is -3.64. The second kappa shape index (κ2) is 8.61. The van der Waals surface area contributed by atoms with Crippen LogP contribution in [0.3, 0.4) is 0 Å². The van der Waals surface area contributed by atoms with E-state index in [-0.39, 0.29) is 31.9 Å². The van der Waals surface area contributed by atoms with Gasteiger partial charge in [0, 0.05) is 31.9 Å². The van der Waals surface area contributed by atoms with Gasteiger partial charge in [-0.1, -0.05) is 11.3 Å². The number of benzene rings is 2. The standard InChI is InChI=1S/C21H16F7N5O/c22-14-4-6-15(7-5-14)33-18(21(26,27)28)17(29-30-33)19(34)32-10-8-31(9-11-32)16-3-1-2-13(12-16)20(23,24)25/h1-7,12H,8-11H2. The summed E-state index contributed by atoms with van der Waals surface area (Å²) in [5.41, 5.74) is -2.97. The molecule has 0 radical (unpaired) electrons. The summed E-state index contributed by atoms with van der Waals surface area (Å²) < 4.78 is 93.9. The van der Waals surface area contributed by atoms with E-state index in [1.165, 1.54) is 12.1 Å². The molecule has 13 heteroatoms. The van der Waals surface area contributed by atoms with Gasteiger partial charge in [0.25, 0.3) is 5.91 Å². The molecule has 0 spiro atoms. The summed E-state index contributed by atoms with van der Waals surface area (Å²) in [7, 11) is 0. The molecular weight excluding hydrogens is 471 g/mol. The predicted octanol–water partition coefficient (Wildman–Crippen LogP) is 4.41. The van der Waals surface area contributed by atoms with E-state index in [1.807, 2.05) is 0 Å². The third kappa shape index (κ3) is 4.68. The second-order valence-corrected chi connectivity index (χ2v) is 7.50.